The highest BCUT2D eigenvalue weighted by molar-refractivity contribution is 6.30. The Morgan fingerprint density at radius 1 is 1.04 bits per heavy atom. The van der Waals surface area contributed by atoms with E-state index in [2.05, 4.69) is 6.07 Å². The molecule has 1 N–H and O–H groups in total. The second kappa shape index (κ2) is 6.46. The van der Waals surface area contributed by atoms with Crippen LogP contribution in [0.25, 0.3) is 22.3 Å². The minimum absolute atomic E-state index is 0.119. The molecule has 124 valence electrons. The summed E-state index contributed by atoms with van der Waals surface area (Å²) in [6.45, 7) is 1.75. The van der Waals surface area contributed by atoms with Crippen molar-refractivity contribution in [1.82, 2.24) is 4.57 Å². The van der Waals surface area contributed by atoms with E-state index in [9.17, 15) is 15.2 Å². The first kappa shape index (κ1) is 16.8. The molecule has 0 unspecified atom stereocenters. The number of rotatable bonds is 3. The van der Waals surface area contributed by atoms with Gasteiger partial charge in [0.15, 0.2) is 0 Å². The second-order valence-corrected chi connectivity index (χ2v) is 6.18. The van der Waals surface area contributed by atoms with Crippen LogP contribution < -0.4 is 0 Å². The number of nitrogens with zero attached hydrogens (tertiary/aromatic N) is 2. The van der Waals surface area contributed by atoms with Crippen molar-refractivity contribution >= 4 is 17.6 Å². The zero-order valence-electron chi connectivity index (χ0n) is 13.7. The molecule has 0 saturated heterocycles. The van der Waals surface area contributed by atoms with Crippen molar-refractivity contribution in [3.63, 3.8) is 0 Å². The quantitative estimate of drug-likeness (QED) is 0.731. The molecule has 0 spiro atoms. The fraction of sp³-hybridized carbons (Fsp3) is 0.100. The molecule has 4 nitrogen and oxygen atoms in total. The van der Waals surface area contributed by atoms with E-state index < -0.39 is 5.97 Å². The molecule has 3 rings (SSSR count). The number of benzene rings is 2. The summed E-state index contributed by atoms with van der Waals surface area (Å²) in [5, 5.41) is 19.7. The van der Waals surface area contributed by atoms with Crippen LogP contribution in [0.1, 0.15) is 21.7 Å². The fourth-order valence-corrected chi connectivity index (χ4v) is 3.07. The summed E-state index contributed by atoms with van der Waals surface area (Å²) in [7, 11) is 1.66. The maximum atomic E-state index is 11.7. The molecule has 25 heavy (non-hydrogen) atoms. The molecule has 0 amide bonds. The molecule has 0 atom stereocenters. The summed E-state index contributed by atoms with van der Waals surface area (Å²) in [6.07, 6.45) is 0. The minimum atomic E-state index is -1.05. The second-order valence-electron chi connectivity index (χ2n) is 5.74. The molecular weight excluding hydrogens is 336 g/mol. The Balaban J connectivity index is 2.12. The van der Waals surface area contributed by atoms with Gasteiger partial charge in [-0.05, 0) is 35.7 Å². The van der Waals surface area contributed by atoms with E-state index >= 15 is 0 Å². The van der Waals surface area contributed by atoms with E-state index in [-0.39, 0.29) is 5.69 Å². The molecule has 5 heteroatoms. The topological polar surface area (TPSA) is 66.0 Å². The number of carboxylic acid groups (broad SMARTS) is 1. The van der Waals surface area contributed by atoms with Gasteiger partial charge < -0.3 is 9.67 Å². The summed E-state index contributed by atoms with van der Waals surface area (Å²) >= 11 is 5.91. The summed E-state index contributed by atoms with van der Waals surface area (Å²) in [6, 6.07) is 17.1. The third kappa shape index (κ3) is 2.90. The van der Waals surface area contributed by atoms with Crippen molar-refractivity contribution in [2.75, 3.05) is 0 Å². The summed E-state index contributed by atoms with van der Waals surface area (Å²) in [5.74, 6) is -1.05. The number of carbonyl (C=O) groups is 1. The summed E-state index contributed by atoms with van der Waals surface area (Å²) in [4.78, 5) is 11.7. The molecule has 0 radical (unpaired) electrons. The number of halogens is 1. The molecule has 1 aromatic heterocycles. The average Bonchev–Trinajstić information content (AvgIpc) is 2.87. The number of aromatic carboxylic acids is 1. The normalized spacial score (nSPS) is 10.5. The SMILES string of the molecule is Cc1c(C#N)c(-c2ccc(-c3ccc(Cl)cc3)cc2)c(C(=O)O)n1C. The van der Waals surface area contributed by atoms with Crippen LogP contribution >= 0.6 is 11.6 Å². The predicted molar refractivity (Wildman–Crippen MR) is 97.7 cm³/mol. The van der Waals surface area contributed by atoms with Crippen molar-refractivity contribution in [2.24, 2.45) is 7.05 Å². The van der Waals surface area contributed by atoms with E-state index in [1.807, 2.05) is 48.5 Å². The molecule has 1 heterocycles. The first-order valence-electron chi connectivity index (χ1n) is 7.63. The van der Waals surface area contributed by atoms with Gasteiger partial charge in [0.1, 0.15) is 11.8 Å². The lowest BCUT2D eigenvalue weighted by atomic mass is 9.97. The van der Waals surface area contributed by atoms with Gasteiger partial charge in [0.05, 0.1) is 5.56 Å². The van der Waals surface area contributed by atoms with Crippen molar-refractivity contribution in [2.45, 2.75) is 6.92 Å². The van der Waals surface area contributed by atoms with Gasteiger partial charge in [-0.3, -0.25) is 0 Å². The molecule has 0 fully saturated rings. The van der Waals surface area contributed by atoms with Crippen molar-refractivity contribution in [3.05, 3.63) is 70.5 Å². The third-order valence-corrected chi connectivity index (χ3v) is 4.60. The van der Waals surface area contributed by atoms with Gasteiger partial charge in [-0.25, -0.2) is 4.79 Å². The monoisotopic (exact) mass is 350 g/mol. The van der Waals surface area contributed by atoms with Crippen LogP contribution in [0, 0.1) is 18.3 Å². The Hall–Kier alpha value is -3.03. The van der Waals surface area contributed by atoms with Crippen LogP contribution in [0.3, 0.4) is 0 Å². The first-order chi connectivity index (χ1) is 11.9. The van der Waals surface area contributed by atoms with Crippen LogP contribution in [0.2, 0.25) is 5.02 Å². The summed E-state index contributed by atoms with van der Waals surface area (Å²) in [5.41, 5.74) is 4.31. The Bertz CT molecular complexity index is 994. The van der Waals surface area contributed by atoms with E-state index in [0.717, 1.165) is 11.1 Å². The molecule has 3 aromatic rings. The van der Waals surface area contributed by atoms with Gasteiger partial charge >= 0.3 is 5.97 Å². The van der Waals surface area contributed by atoms with E-state index in [4.69, 9.17) is 11.6 Å². The molecule has 0 saturated carbocycles. The van der Waals surface area contributed by atoms with Crippen molar-refractivity contribution < 1.29 is 9.90 Å². The number of hydrogen-bond acceptors (Lipinski definition) is 2. The molecule has 0 bridgehead atoms. The lowest BCUT2D eigenvalue weighted by Gasteiger charge is -2.06. The van der Waals surface area contributed by atoms with E-state index in [1.165, 1.54) is 0 Å². The lowest BCUT2D eigenvalue weighted by molar-refractivity contribution is 0.0687. The first-order valence-corrected chi connectivity index (χ1v) is 8.01. The highest BCUT2D eigenvalue weighted by atomic mass is 35.5. The number of nitriles is 1. The van der Waals surface area contributed by atoms with Crippen LogP contribution in [0.15, 0.2) is 48.5 Å². The van der Waals surface area contributed by atoms with Gasteiger partial charge in [0, 0.05) is 23.3 Å². The number of hydrogen-bond donors (Lipinski definition) is 1. The highest BCUT2D eigenvalue weighted by Gasteiger charge is 2.24. The largest absolute Gasteiger partial charge is 0.477 e. The number of carboxylic acids is 1. The smallest absolute Gasteiger partial charge is 0.353 e. The lowest BCUT2D eigenvalue weighted by Crippen LogP contribution is -2.06. The molecule has 0 aliphatic rings. The van der Waals surface area contributed by atoms with Gasteiger partial charge in [-0.2, -0.15) is 5.26 Å². The van der Waals surface area contributed by atoms with Crippen LogP contribution in [-0.2, 0) is 7.05 Å². The summed E-state index contributed by atoms with van der Waals surface area (Å²) < 4.78 is 1.54. The highest BCUT2D eigenvalue weighted by Crippen LogP contribution is 2.33. The van der Waals surface area contributed by atoms with Crippen LogP contribution in [-0.4, -0.2) is 15.6 Å². The predicted octanol–water partition coefficient (Wildman–Crippen LogP) is 4.89. The Morgan fingerprint density at radius 3 is 2.00 bits per heavy atom. The molecule has 2 aromatic carbocycles. The van der Waals surface area contributed by atoms with E-state index in [1.54, 1.807) is 18.5 Å². The third-order valence-electron chi connectivity index (χ3n) is 4.35. The van der Waals surface area contributed by atoms with Gasteiger partial charge in [-0.1, -0.05) is 48.0 Å². The maximum Gasteiger partial charge on any atom is 0.353 e. The Labute approximate surface area is 150 Å². The zero-order chi connectivity index (χ0) is 18.1. The minimum Gasteiger partial charge on any atom is -0.477 e. The zero-order valence-corrected chi connectivity index (χ0v) is 14.5. The Kier molecular flexibility index (Phi) is 4.35. The average molecular weight is 351 g/mol. The molecule has 0 aliphatic carbocycles. The van der Waals surface area contributed by atoms with E-state index in [0.29, 0.717) is 27.4 Å². The molecule has 0 aliphatic heterocycles. The molecular formula is C20H15ClN2O2. The van der Waals surface area contributed by atoms with Gasteiger partial charge in [0.2, 0.25) is 0 Å². The van der Waals surface area contributed by atoms with Crippen LogP contribution in [0.5, 0.6) is 0 Å². The van der Waals surface area contributed by atoms with Crippen molar-refractivity contribution in [3.8, 4) is 28.3 Å². The van der Waals surface area contributed by atoms with Gasteiger partial charge in [-0.15, -0.1) is 0 Å². The number of aromatic nitrogens is 1. The standard InChI is InChI=1S/C20H15ClN2O2/c1-12-17(11-22)18(19(20(24)25)23(12)2)15-5-3-13(4-6-15)14-7-9-16(21)10-8-14/h3-10H,1-2H3,(H,24,25). The van der Waals surface area contributed by atoms with Crippen molar-refractivity contribution in [1.29, 1.82) is 5.26 Å². The van der Waals surface area contributed by atoms with Crippen LogP contribution in [0.4, 0.5) is 0 Å². The van der Waals surface area contributed by atoms with Gasteiger partial charge in [0.25, 0.3) is 0 Å². The Morgan fingerprint density at radius 2 is 1.52 bits per heavy atom. The maximum absolute atomic E-state index is 11.7. The fourth-order valence-electron chi connectivity index (χ4n) is 2.94.